The van der Waals surface area contributed by atoms with Crippen molar-refractivity contribution in [2.75, 3.05) is 24.2 Å². The van der Waals surface area contributed by atoms with Crippen LogP contribution < -0.4 is 14.8 Å². The Bertz CT molecular complexity index is 729. The largest absolute Gasteiger partial charge is 0.495 e. The molecule has 0 heterocycles. The molecule has 0 amide bonds. The lowest BCUT2D eigenvalue weighted by Crippen LogP contribution is -2.28. The summed E-state index contributed by atoms with van der Waals surface area (Å²) in [5.74, 6) is 0.392. The molecule has 0 aliphatic carbocycles. The van der Waals surface area contributed by atoms with Gasteiger partial charge < -0.3 is 10.5 Å². The van der Waals surface area contributed by atoms with E-state index in [1.807, 2.05) is 0 Å². The smallest absolute Gasteiger partial charge is 0.239 e. The first-order valence-corrected chi connectivity index (χ1v) is 7.99. The minimum Gasteiger partial charge on any atom is -0.495 e. The van der Waals surface area contributed by atoms with E-state index in [1.54, 1.807) is 48.5 Å². The van der Waals surface area contributed by atoms with Crippen molar-refractivity contribution in [1.82, 2.24) is 0 Å². The standard InChI is InChI=1S/C15H18N2O3S/c1-17(14-8-3-4-9-15(14)20-2)21(18,19)11-12-6-5-7-13(16)10-12/h3-10H,11,16H2,1-2H3. The molecular formula is C15H18N2O3S. The number of sulfonamides is 1. The van der Waals surface area contributed by atoms with Crippen molar-refractivity contribution in [3.8, 4) is 5.75 Å². The molecule has 2 aromatic carbocycles. The van der Waals surface area contributed by atoms with Crippen LogP contribution >= 0.6 is 0 Å². The van der Waals surface area contributed by atoms with E-state index >= 15 is 0 Å². The highest BCUT2D eigenvalue weighted by molar-refractivity contribution is 7.92. The van der Waals surface area contributed by atoms with E-state index in [9.17, 15) is 8.42 Å². The molecule has 0 radical (unpaired) electrons. The third kappa shape index (κ3) is 3.46. The Morgan fingerprint density at radius 2 is 1.86 bits per heavy atom. The highest BCUT2D eigenvalue weighted by Gasteiger charge is 2.21. The number of nitrogens with two attached hydrogens (primary N) is 1. The number of rotatable bonds is 5. The fourth-order valence-corrected chi connectivity index (χ4v) is 3.28. The van der Waals surface area contributed by atoms with E-state index in [2.05, 4.69) is 0 Å². The van der Waals surface area contributed by atoms with Gasteiger partial charge in [-0.05, 0) is 29.8 Å². The summed E-state index contributed by atoms with van der Waals surface area (Å²) in [6, 6.07) is 13.9. The number of hydrogen-bond acceptors (Lipinski definition) is 4. The normalized spacial score (nSPS) is 11.1. The highest BCUT2D eigenvalue weighted by atomic mass is 32.2. The molecular weight excluding hydrogens is 288 g/mol. The van der Waals surface area contributed by atoms with Crippen LogP contribution in [-0.4, -0.2) is 22.6 Å². The lowest BCUT2D eigenvalue weighted by molar-refractivity contribution is 0.416. The molecule has 0 atom stereocenters. The molecule has 5 nitrogen and oxygen atoms in total. The quantitative estimate of drug-likeness (QED) is 0.860. The zero-order chi connectivity index (χ0) is 15.5. The lowest BCUT2D eigenvalue weighted by Gasteiger charge is -2.21. The molecule has 2 N–H and O–H groups in total. The molecule has 0 spiro atoms. The number of ether oxygens (including phenoxy) is 1. The van der Waals surface area contributed by atoms with E-state index in [0.717, 1.165) is 0 Å². The van der Waals surface area contributed by atoms with Crippen LogP contribution in [0.15, 0.2) is 48.5 Å². The van der Waals surface area contributed by atoms with Crippen molar-refractivity contribution in [2.45, 2.75) is 5.75 Å². The van der Waals surface area contributed by atoms with Crippen molar-refractivity contribution in [3.05, 3.63) is 54.1 Å². The maximum atomic E-state index is 12.5. The Kier molecular flexibility index (Phi) is 4.37. The Morgan fingerprint density at radius 3 is 2.52 bits per heavy atom. The first-order chi connectivity index (χ1) is 9.94. The van der Waals surface area contributed by atoms with Crippen LogP contribution in [-0.2, 0) is 15.8 Å². The Hall–Kier alpha value is -2.21. The van der Waals surface area contributed by atoms with Gasteiger partial charge in [0.05, 0.1) is 18.6 Å². The van der Waals surface area contributed by atoms with Gasteiger partial charge in [-0.3, -0.25) is 4.31 Å². The summed E-state index contributed by atoms with van der Waals surface area (Å²) in [6.07, 6.45) is 0. The zero-order valence-electron chi connectivity index (χ0n) is 12.0. The molecule has 0 saturated carbocycles. The molecule has 112 valence electrons. The fourth-order valence-electron chi connectivity index (χ4n) is 2.03. The number of nitrogens with zero attached hydrogens (tertiary/aromatic N) is 1. The van der Waals surface area contributed by atoms with E-state index in [1.165, 1.54) is 18.5 Å². The number of para-hydroxylation sites is 2. The van der Waals surface area contributed by atoms with E-state index in [-0.39, 0.29) is 5.75 Å². The summed E-state index contributed by atoms with van der Waals surface area (Å²) in [5, 5.41) is 0. The Balaban J connectivity index is 2.30. The van der Waals surface area contributed by atoms with Crippen molar-refractivity contribution in [1.29, 1.82) is 0 Å². The molecule has 0 aromatic heterocycles. The first-order valence-electron chi connectivity index (χ1n) is 6.38. The van der Waals surface area contributed by atoms with Gasteiger partial charge in [0.1, 0.15) is 5.75 Å². The van der Waals surface area contributed by atoms with Crippen LogP contribution in [0.25, 0.3) is 0 Å². The monoisotopic (exact) mass is 306 g/mol. The molecule has 0 bridgehead atoms. The molecule has 21 heavy (non-hydrogen) atoms. The van der Waals surface area contributed by atoms with Crippen molar-refractivity contribution >= 4 is 21.4 Å². The average Bonchev–Trinajstić information content (AvgIpc) is 2.46. The molecule has 0 aliphatic heterocycles. The zero-order valence-corrected chi connectivity index (χ0v) is 12.8. The van der Waals surface area contributed by atoms with Crippen LogP contribution in [0.5, 0.6) is 5.75 Å². The number of benzene rings is 2. The van der Waals surface area contributed by atoms with Crippen LogP contribution in [0.4, 0.5) is 11.4 Å². The summed E-state index contributed by atoms with van der Waals surface area (Å²) in [4.78, 5) is 0. The van der Waals surface area contributed by atoms with Crippen LogP contribution in [0.3, 0.4) is 0 Å². The van der Waals surface area contributed by atoms with Gasteiger partial charge in [-0.25, -0.2) is 8.42 Å². The molecule has 0 unspecified atom stereocenters. The lowest BCUT2D eigenvalue weighted by atomic mass is 10.2. The van der Waals surface area contributed by atoms with Gasteiger partial charge in [-0.1, -0.05) is 24.3 Å². The van der Waals surface area contributed by atoms with Gasteiger partial charge in [-0.15, -0.1) is 0 Å². The van der Waals surface area contributed by atoms with Crippen LogP contribution in [0.1, 0.15) is 5.56 Å². The predicted molar refractivity (Wildman–Crippen MR) is 84.9 cm³/mol. The molecule has 2 rings (SSSR count). The molecule has 0 aliphatic rings. The topological polar surface area (TPSA) is 72.6 Å². The average molecular weight is 306 g/mol. The van der Waals surface area contributed by atoms with Gasteiger partial charge >= 0.3 is 0 Å². The second-order valence-corrected chi connectivity index (χ2v) is 6.64. The predicted octanol–water partition coefficient (Wildman–Crippen LogP) is 2.24. The summed E-state index contributed by atoms with van der Waals surface area (Å²) in [6.45, 7) is 0. The number of nitrogen functional groups attached to an aromatic ring is 1. The first kappa shape index (κ1) is 15.2. The number of hydrogen-bond donors (Lipinski definition) is 1. The third-order valence-corrected chi connectivity index (χ3v) is 4.87. The van der Waals surface area contributed by atoms with E-state index in [0.29, 0.717) is 22.7 Å². The number of methoxy groups -OCH3 is 1. The van der Waals surface area contributed by atoms with Gasteiger partial charge in [0.25, 0.3) is 0 Å². The molecule has 0 saturated heterocycles. The van der Waals surface area contributed by atoms with Gasteiger partial charge in [-0.2, -0.15) is 0 Å². The second-order valence-electron chi connectivity index (χ2n) is 4.64. The minimum absolute atomic E-state index is 0.118. The fraction of sp³-hybridized carbons (Fsp3) is 0.200. The molecule has 2 aromatic rings. The highest BCUT2D eigenvalue weighted by Crippen LogP contribution is 2.29. The summed E-state index contributed by atoms with van der Waals surface area (Å²) in [7, 11) is -0.493. The minimum atomic E-state index is -3.52. The Morgan fingerprint density at radius 1 is 1.14 bits per heavy atom. The van der Waals surface area contributed by atoms with Crippen molar-refractivity contribution < 1.29 is 13.2 Å². The second kappa shape index (κ2) is 6.05. The number of anilines is 2. The van der Waals surface area contributed by atoms with Gasteiger partial charge in [0.15, 0.2) is 0 Å². The maximum Gasteiger partial charge on any atom is 0.239 e. The maximum absolute atomic E-state index is 12.5. The van der Waals surface area contributed by atoms with Crippen molar-refractivity contribution in [3.63, 3.8) is 0 Å². The summed E-state index contributed by atoms with van der Waals surface area (Å²) >= 11 is 0. The molecule has 0 fully saturated rings. The van der Waals surface area contributed by atoms with Gasteiger partial charge in [0, 0.05) is 12.7 Å². The van der Waals surface area contributed by atoms with E-state index < -0.39 is 10.0 Å². The SMILES string of the molecule is COc1ccccc1N(C)S(=O)(=O)Cc1cccc(N)c1. The third-order valence-electron chi connectivity index (χ3n) is 3.14. The van der Waals surface area contributed by atoms with Crippen molar-refractivity contribution in [2.24, 2.45) is 0 Å². The Labute approximate surface area is 125 Å². The summed E-state index contributed by atoms with van der Waals surface area (Å²) in [5.41, 5.74) is 7.38. The summed E-state index contributed by atoms with van der Waals surface area (Å²) < 4.78 is 31.5. The van der Waals surface area contributed by atoms with Gasteiger partial charge in [0.2, 0.25) is 10.0 Å². The molecule has 6 heteroatoms. The van der Waals surface area contributed by atoms with Crippen LogP contribution in [0.2, 0.25) is 0 Å². The van der Waals surface area contributed by atoms with E-state index in [4.69, 9.17) is 10.5 Å². The van der Waals surface area contributed by atoms with Crippen LogP contribution in [0, 0.1) is 0 Å².